The van der Waals surface area contributed by atoms with Crippen molar-refractivity contribution in [1.82, 2.24) is 10.1 Å². The van der Waals surface area contributed by atoms with Crippen molar-refractivity contribution < 1.29 is 17.3 Å². The first kappa shape index (κ1) is 19.6. The first-order valence-electron chi connectivity index (χ1n) is 8.28. The van der Waals surface area contributed by atoms with Gasteiger partial charge < -0.3 is 4.52 Å². The molecule has 4 rings (SSSR count). The highest BCUT2D eigenvalue weighted by Gasteiger charge is 2.28. The van der Waals surface area contributed by atoms with Crippen LogP contribution in [0.25, 0.3) is 22.2 Å². The molecule has 0 aliphatic carbocycles. The van der Waals surface area contributed by atoms with Crippen LogP contribution in [0.3, 0.4) is 0 Å². The summed E-state index contributed by atoms with van der Waals surface area (Å²) < 4.78 is 46.2. The molecule has 0 N–H and O–H groups in total. The lowest BCUT2D eigenvalue weighted by molar-refractivity contribution is 0.432. The van der Waals surface area contributed by atoms with E-state index < -0.39 is 15.8 Å². The first-order valence-corrected chi connectivity index (χ1v) is 11.0. The van der Waals surface area contributed by atoms with Gasteiger partial charge in [0.15, 0.2) is 0 Å². The summed E-state index contributed by atoms with van der Waals surface area (Å²) in [6.45, 7) is 0. The van der Waals surface area contributed by atoms with Gasteiger partial charge >= 0.3 is 0 Å². The van der Waals surface area contributed by atoms with Crippen molar-refractivity contribution >= 4 is 38.6 Å². The number of halogens is 2. The minimum Gasteiger partial charge on any atom is -0.333 e. The Bertz CT molecular complexity index is 1270. The number of hydrogen-bond acceptors (Lipinski definition) is 6. The molecule has 0 fully saturated rings. The number of thiophene rings is 1. The van der Waals surface area contributed by atoms with Crippen LogP contribution in [0, 0.1) is 5.82 Å². The van der Waals surface area contributed by atoms with Gasteiger partial charge in [-0.3, -0.25) is 4.31 Å². The quantitative estimate of drug-likeness (QED) is 0.424. The molecule has 0 aliphatic rings. The number of aromatic nitrogens is 2. The van der Waals surface area contributed by atoms with E-state index in [1.54, 1.807) is 35.7 Å². The van der Waals surface area contributed by atoms with Crippen LogP contribution in [0.15, 0.2) is 69.4 Å². The van der Waals surface area contributed by atoms with Gasteiger partial charge in [-0.1, -0.05) is 28.9 Å². The highest BCUT2D eigenvalue weighted by molar-refractivity contribution is 7.93. The Kier molecular flexibility index (Phi) is 5.12. The van der Waals surface area contributed by atoms with E-state index in [2.05, 4.69) is 10.1 Å². The van der Waals surface area contributed by atoms with Crippen molar-refractivity contribution in [3.05, 3.63) is 70.8 Å². The molecule has 0 spiro atoms. The molecule has 0 saturated heterocycles. The molecule has 0 radical (unpaired) electrons. The lowest BCUT2D eigenvalue weighted by atomic mass is 10.2. The van der Waals surface area contributed by atoms with Crippen molar-refractivity contribution in [1.29, 1.82) is 0 Å². The lowest BCUT2D eigenvalue weighted by Gasteiger charge is -2.19. The van der Waals surface area contributed by atoms with Crippen LogP contribution >= 0.6 is 22.9 Å². The molecule has 0 atom stereocenters. The maximum absolute atomic E-state index is 13.5. The predicted octanol–water partition coefficient (Wildman–Crippen LogP) is 5.08. The van der Waals surface area contributed by atoms with E-state index in [9.17, 15) is 12.8 Å². The van der Waals surface area contributed by atoms with Crippen LogP contribution in [-0.4, -0.2) is 25.6 Å². The van der Waals surface area contributed by atoms with E-state index >= 15 is 0 Å². The zero-order chi connectivity index (χ0) is 20.6. The van der Waals surface area contributed by atoms with Gasteiger partial charge in [-0.15, -0.1) is 11.3 Å². The zero-order valence-electron chi connectivity index (χ0n) is 14.9. The minimum atomic E-state index is -3.89. The third kappa shape index (κ3) is 3.76. The van der Waals surface area contributed by atoms with E-state index in [0.717, 1.165) is 15.6 Å². The molecule has 2 aromatic heterocycles. The molecule has 148 valence electrons. The topological polar surface area (TPSA) is 76.3 Å². The molecule has 0 aliphatic heterocycles. The molecule has 10 heteroatoms. The summed E-state index contributed by atoms with van der Waals surface area (Å²) in [4.78, 5) is 4.59. The molecule has 0 saturated carbocycles. The summed E-state index contributed by atoms with van der Waals surface area (Å²) in [6, 6.07) is 13.7. The number of anilines is 1. The van der Waals surface area contributed by atoms with Gasteiger partial charge in [0.2, 0.25) is 5.82 Å². The first-order chi connectivity index (χ1) is 13.9. The van der Waals surface area contributed by atoms with Gasteiger partial charge in [-0.2, -0.15) is 4.98 Å². The Morgan fingerprint density at radius 2 is 1.90 bits per heavy atom. The van der Waals surface area contributed by atoms with E-state index in [4.69, 9.17) is 16.1 Å². The molecule has 0 amide bonds. The maximum atomic E-state index is 13.5. The third-order valence-corrected chi connectivity index (χ3v) is 7.27. The van der Waals surface area contributed by atoms with Crippen LogP contribution in [0.5, 0.6) is 0 Å². The fourth-order valence-corrected chi connectivity index (χ4v) is 5.29. The SMILES string of the molecule is CN(c1ccc(Cl)cc1)S(=O)(=O)c1ccsc1-c1nc(-c2cccc(F)c2)no1. The molecular weight excluding hydrogens is 437 g/mol. The van der Waals surface area contributed by atoms with E-state index in [1.165, 1.54) is 31.3 Å². The maximum Gasteiger partial charge on any atom is 0.269 e. The molecule has 6 nitrogen and oxygen atoms in total. The second-order valence-corrected chi connectivity index (χ2v) is 9.29. The van der Waals surface area contributed by atoms with Gasteiger partial charge in [0.1, 0.15) is 15.6 Å². The Hall–Kier alpha value is -2.75. The number of sulfonamides is 1. The standard InChI is InChI=1S/C19H13ClFN3O3S2/c1-24(15-7-5-13(20)6-8-15)29(25,26)16-9-10-28-17(16)19-22-18(23-27-19)12-3-2-4-14(21)11-12/h2-11H,1H3. The Labute approximate surface area is 175 Å². The van der Waals surface area contributed by atoms with Gasteiger partial charge in [0.25, 0.3) is 15.9 Å². The molecule has 29 heavy (non-hydrogen) atoms. The van der Waals surface area contributed by atoms with Crippen LogP contribution in [0.4, 0.5) is 10.1 Å². The summed E-state index contributed by atoms with van der Waals surface area (Å²) in [6.07, 6.45) is 0. The van der Waals surface area contributed by atoms with E-state index in [-0.39, 0.29) is 16.6 Å². The second-order valence-electron chi connectivity index (χ2n) is 6.00. The number of rotatable bonds is 5. The largest absolute Gasteiger partial charge is 0.333 e. The third-order valence-electron chi connectivity index (χ3n) is 4.16. The van der Waals surface area contributed by atoms with E-state index in [1.807, 2.05) is 0 Å². The summed E-state index contributed by atoms with van der Waals surface area (Å²) in [5, 5.41) is 5.99. The van der Waals surface area contributed by atoms with Gasteiger partial charge in [0, 0.05) is 17.6 Å². The second kappa shape index (κ2) is 7.58. The smallest absolute Gasteiger partial charge is 0.269 e. The van der Waals surface area contributed by atoms with E-state index in [0.29, 0.717) is 21.2 Å². The predicted molar refractivity (Wildman–Crippen MR) is 110 cm³/mol. The zero-order valence-corrected chi connectivity index (χ0v) is 17.3. The Morgan fingerprint density at radius 3 is 2.62 bits per heavy atom. The van der Waals surface area contributed by atoms with Crippen molar-refractivity contribution in [2.24, 2.45) is 0 Å². The highest BCUT2D eigenvalue weighted by atomic mass is 35.5. The van der Waals surface area contributed by atoms with Crippen molar-refractivity contribution in [2.45, 2.75) is 4.90 Å². The summed E-state index contributed by atoms with van der Waals surface area (Å²) in [5.41, 5.74) is 0.886. The minimum absolute atomic E-state index is 0.0365. The Balaban J connectivity index is 1.71. The van der Waals surface area contributed by atoms with Crippen molar-refractivity contribution in [3.63, 3.8) is 0 Å². The molecule has 0 unspecified atom stereocenters. The Morgan fingerprint density at radius 1 is 1.14 bits per heavy atom. The monoisotopic (exact) mass is 449 g/mol. The number of hydrogen-bond donors (Lipinski definition) is 0. The van der Waals surface area contributed by atoms with Crippen LogP contribution in [0.2, 0.25) is 5.02 Å². The van der Waals surface area contributed by atoms with Crippen LogP contribution in [0.1, 0.15) is 0 Å². The normalized spacial score (nSPS) is 11.6. The number of nitrogens with zero attached hydrogens (tertiary/aromatic N) is 3. The summed E-state index contributed by atoms with van der Waals surface area (Å²) in [7, 11) is -2.44. The van der Waals surface area contributed by atoms with Crippen LogP contribution < -0.4 is 4.31 Å². The van der Waals surface area contributed by atoms with Crippen LogP contribution in [-0.2, 0) is 10.0 Å². The summed E-state index contributed by atoms with van der Waals surface area (Å²) >= 11 is 7.04. The average Bonchev–Trinajstić information content (AvgIpc) is 3.37. The molecule has 4 aromatic rings. The fraction of sp³-hybridized carbons (Fsp3) is 0.0526. The molecular formula is C19H13ClFN3O3S2. The summed E-state index contributed by atoms with van der Waals surface area (Å²) in [5.74, 6) is -0.220. The molecule has 2 heterocycles. The van der Waals surface area contributed by atoms with Gasteiger partial charge in [0.05, 0.1) is 5.69 Å². The molecule has 0 bridgehead atoms. The van der Waals surface area contributed by atoms with Gasteiger partial charge in [-0.25, -0.2) is 12.8 Å². The lowest BCUT2D eigenvalue weighted by Crippen LogP contribution is -2.26. The fourth-order valence-electron chi connectivity index (χ4n) is 2.65. The van der Waals surface area contributed by atoms with Crippen molar-refractivity contribution in [2.75, 3.05) is 11.4 Å². The van der Waals surface area contributed by atoms with Crippen molar-refractivity contribution in [3.8, 4) is 22.2 Å². The molecule has 2 aromatic carbocycles. The number of benzene rings is 2. The van der Waals surface area contributed by atoms with Gasteiger partial charge in [-0.05, 0) is 47.8 Å². The highest BCUT2D eigenvalue weighted by Crippen LogP contribution is 2.35. The average molecular weight is 450 g/mol.